The third-order valence-electron chi connectivity index (χ3n) is 1.43. The Bertz CT molecular complexity index is 363. The van der Waals surface area contributed by atoms with E-state index in [1.807, 2.05) is 0 Å². The number of nitrogens with one attached hydrogen (secondary N) is 1. The summed E-state index contributed by atoms with van der Waals surface area (Å²) >= 11 is 5.52. The maximum atomic E-state index is 12.9. The maximum absolute atomic E-state index is 12.9. The molecule has 0 radical (unpaired) electrons. The number of thiol groups is 1. The van der Waals surface area contributed by atoms with Crippen LogP contribution in [-0.2, 0) is 0 Å². The van der Waals surface area contributed by atoms with Crippen molar-refractivity contribution in [2.24, 2.45) is 0 Å². The van der Waals surface area contributed by atoms with Crippen molar-refractivity contribution in [1.29, 1.82) is 0 Å². The Morgan fingerprint density at radius 2 is 1.33 bits per heavy atom. The summed E-state index contributed by atoms with van der Waals surface area (Å²) in [6.07, 6.45) is 0. The molecule has 0 bridgehead atoms. The van der Waals surface area contributed by atoms with E-state index in [1.165, 1.54) is 0 Å². The highest BCUT2D eigenvalue weighted by Crippen LogP contribution is 2.29. The van der Waals surface area contributed by atoms with Crippen molar-refractivity contribution in [3.8, 4) is 0 Å². The molecule has 0 aliphatic carbocycles. The number of rotatable bonds is 1. The molecule has 2 nitrogen and oxygen atoms in total. The lowest BCUT2D eigenvalue weighted by Crippen LogP contribution is -3.00. The molecule has 2 N–H and O–H groups in total. The fraction of sp³-hybridized carbons (Fsp3) is 0. The van der Waals surface area contributed by atoms with Crippen molar-refractivity contribution in [3.05, 3.63) is 27.7 Å². The molecule has 0 aliphatic rings. The number of quaternary nitrogens is 1. The number of hydrogen-bond donors (Lipinski definition) is 3. The zero-order valence-electron chi connectivity index (χ0n) is 6.66. The van der Waals surface area contributed by atoms with E-state index in [0.717, 1.165) is 0 Å². The molecule has 86 valence electrons. The van der Waals surface area contributed by atoms with Gasteiger partial charge in [-0.05, 0) is 15.9 Å². The average molecular weight is 329 g/mol. The molecule has 0 spiro atoms. The van der Waals surface area contributed by atoms with Crippen LogP contribution >= 0.6 is 28.7 Å². The second kappa shape index (κ2) is 5.35. The molecule has 1 rings (SSSR count). The number of benzene rings is 1. The van der Waals surface area contributed by atoms with Gasteiger partial charge in [0, 0.05) is 0 Å². The average Bonchev–Trinajstić information content (AvgIpc) is 2.11. The summed E-state index contributed by atoms with van der Waals surface area (Å²) in [5.74, 6) is -6.66. The van der Waals surface area contributed by atoms with Gasteiger partial charge < -0.3 is 12.4 Å². The minimum Gasteiger partial charge on any atom is -1.00 e. The Hall–Kier alpha value is -0.0200. The van der Waals surface area contributed by atoms with Gasteiger partial charge in [0.2, 0.25) is 11.6 Å². The van der Waals surface area contributed by atoms with Crippen LogP contribution in [0.1, 0.15) is 0 Å². The molecule has 15 heavy (non-hydrogen) atoms. The Kier molecular flexibility index (Phi) is 5.34. The zero-order chi connectivity index (χ0) is 11.0. The van der Waals surface area contributed by atoms with Crippen LogP contribution in [0.5, 0.6) is 0 Å². The summed E-state index contributed by atoms with van der Waals surface area (Å²) in [6.45, 7) is 0. The van der Waals surface area contributed by atoms with Crippen LogP contribution in [0, 0.1) is 23.3 Å². The van der Waals surface area contributed by atoms with Gasteiger partial charge in [-0.1, -0.05) is 4.47 Å². The lowest BCUT2D eigenvalue weighted by atomic mass is 10.2. The minimum atomic E-state index is -1.71. The topological polar surface area (TPSA) is 24.7 Å². The van der Waals surface area contributed by atoms with Crippen LogP contribution < -0.4 is 16.9 Å². The zero-order valence-corrected chi connectivity index (χ0v) is 9.90. The summed E-state index contributed by atoms with van der Waals surface area (Å²) in [4.78, 5) is 0. The van der Waals surface area contributed by atoms with Gasteiger partial charge in [0.05, 0.1) is 17.3 Å². The first-order valence-electron chi connectivity index (χ1n) is 3.14. The second-order valence-electron chi connectivity index (χ2n) is 2.27. The highest BCUT2D eigenvalue weighted by molar-refractivity contribution is 9.10. The number of hydrogen-bond acceptors (Lipinski definition) is 2. The third-order valence-corrected chi connectivity index (χ3v) is 2.35. The molecule has 0 amide bonds. The molecule has 0 aliphatic heterocycles. The van der Waals surface area contributed by atoms with Crippen molar-refractivity contribution < 1.29 is 39.6 Å². The number of halogens is 6. The fourth-order valence-corrected chi connectivity index (χ4v) is 1.35. The lowest BCUT2D eigenvalue weighted by Gasteiger charge is -2.07. The predicted molar refractivity (Wildman–Crippen MR) is 45.4 cm³/mol. The molecule has 1 unspecified atom stereocenters. The largest absolute Gasteiger partial charge is 1.00 e. The Balaban J connectivity index is 0.00000196. The van der Waals surface area contributed by atoms with Crippen LogP contribution in [0.2, 0.25) is 0 Å². The molecule has 9 heteroatoms. The van der Waals surface area contributed by atoms with E-state index in [-0.39, 0.29) is 12.4 Å². The molecule has 1 aromatic carbocycles. The second-order valence-corrected chi connectivity index (χ2v) is 3.49. The molecular formula is C6H3BrClF4NOS. The van der Waals surface area contributed by atoms with Gasteiger partial charge in [0.15, 0.2) is 11.6 Å². The molecule has 0 heterocycles. The quantitative estimate of drug-likeness (QED) is 0.194. The fourth-order valence-electron chi connectivity index (χ4n) is 0.801. The van der Waals surface area contributed by atoms with E-state index in [9.17, 15) is 17.6 Å². The summed E-state index contributed by atoms with van der Waals surface area (Å²) in [6, 6.07) is 0. The first-order chi connectivity index (χ1) is 6.37. The van der Waals surface area contributed by atoms with Crippen LogP contribution in [-0.4, -0.2) is 5.21 Å². The van der Waals surface area contributed by atoms with Gasteiger partial charge in [-0.25, -0.2) is 14.0 Å². The molecule has 1 atom stereocenters. The minimum absolute atomic E-state index is 0. The van der Waals surface area contributed by atoms with E-state index >= 15 is 0 Å². The summed E-state index contributed by atoms with van der Waals surface area (Å²) in [5, 5.41) is 8.68. The first kappa shape index (κ1) is 15.0. The van der Waals surface area contributed by atoms with Crippen LogP contribution in [0.3, 0.4) is 0 Å². The molecule has 0 aromatic heterocycles. The SMILES string of the molecule is O[NH+](S)c1c(F)c(F)c(Br)c(F)c1F.[Cl-]. The van der Waals surface area contributed by atoms with Crippen molar-refractivity contribution in [1.82, 2.24) is 0 Å². The van der Waals surface area contributed by atoms with Gasteiger partial charge >= 0.3 is 0 Å². The van der Waals surface area contributed by atoms with E-state index in [2.05, 4.69) is 28.7 Å². The maximum Gasteiger partial charge on any atom is 0.253 e. The van der Waals surface area contributed by atoms with Crippen LogP contribution in [0.15, 0.2) is 4.47 Å². The van der Waals surface area contributed by atoms with Gasteiger partial charge in [0.1, 0.15) is 0 Å². The highest BCUT2D eigenvalue weighted by Gasteiger charge is 2.30. The van der Waals surface area contributed by atoms with Crippen molar-refractivity contribution >= 4 is 34.4 Å². The summed E-state index contributed by atoms with van der Waals surface area (Å²) < 4.78 is 49.3. The van der Waals surface area contributed by atoms with E-state index in [1.54, 1.807) is 0 Å². The van der Waals surface area contributed by atoms with Crippen LogP contribution in [0.4, 0.5) is 23.2 Å². The van der Waals surface area contributed by atoms with Gasteiger partial charge in [-0.2, -0.15) is 8.78 Å². The first-order valence-corrected chi connectivity index (χ1v) is 4.38. The Labute approximate surface area is 102 Å². The smallest absolute Gasteiger partial charge is 0.253 e. The molecule has 1 aromatic rings. The third kappa shape index (κ3) is 2.56. The Morgan fingerprint density at radius 3 is 1.60 bits per heavy atom. The van der Waals surface area contributed by atoms with E-state index in [4.69, 9.17) is 5.21 Å². The van der Waals surface area contributed by atoms with Gasteiger partial charge in [0.25, 0.3) is 5.69 Å². The van der Waals surface area contributed by atoms with Crippen molar-refractivity contribution in [2.45, 2.75) is 0 Å². The van der Waals surface area contributed by atoms with Crippen molar-refractivity contribution in [2.75, 3.05) is 0 Å². The lowest BCUT2D eigenvalue weighted by molar-refractivity contribution is -0.911. The normalized spacial score (nSPS) is 12.2. The molecule has 0 fully saturated rings. The summed E-state index contributed by atoms with van der Waals surface area (Å²) in [5.41, 5.74) is -1.23. The van der Waals surface area contributed by atoms with Gasteiger partial charge in [-0.3, -0.25) is 0 Å². The van der Waals surface area contributed by atoms with Crippen molar-refractivity contribution in [3.63, 3.8) is 0 Å². The van der Waals surface area contributed by atoms with E-state index in [0.29, 0.717) is 0 Å². The van der Waals surface area contributed by atoms with Gasteiger partial charge in [-0.15, -0.1) is 0 Å². The van der Waals surface area contributed by atoms with Crippen LogP contribution in [0.25, 0.3) is 0 Å². The molecule has 0 saturated carbocycles. The molecule has 0 saturated heterocycles. The predicted octanol–water partition coefficient (Wildman–Crippen LogP) is -1.24. The monoisotopic (exact) mass is 327 g/mol. The highest BCUT2D eigenvalue weighted by atomic mass is 79.9. The van der Waals surface area contributed by atoms with E-state index < -0.39 is 37.9 Å². The standard InChI is InChI=1S/C6H2BrF4NOS.ClH/c7-1-2(8)4(10)6(12(13)14)5(11)3(1)9;/h13-14H;1H. The molecular weight excluding hydrogens is 325 g/mol. The summed E-state index contributed by atoms with van der Waals surface area (Å²) in [7, 11) is 0. The Morgan fingerprint density at radius 1 is 1.00 bits per heavy atom.